The summed E-state index contributed by atoms with van der Waals surface area (Å²) in [5.74, 6) is -0.261. The zero-order valence-corrected chi connectivity index (χ0v) is 19.4. The van der Waals surface area contributed by atoms with Gasteiger partial charge in [-0.15, -0.1) is 5.10 Å². The van der Waals surface area contributed by atoms with Gasteiger partial charge in [-0.1, -0.05) is 23.5 Å². The second kappa shape index (κ2) is 8.34. The Balaban J connectivity index is 1.15. The van der Waals surface area contributed by atoms with Crippen LogP contribution in [0.15, 0.2) is 63.9 Å². The highest BCUT2D eigenvalue weighted by molar-refractivity contribution is 7.20. The molecule has 0 aliphatic carbocycles. The molecule has 0 amide bonds. The first-order chi connectivity index (χ1) is 16.5. The van der Waals surface area contributed by atoms with Crippen LogP contribution in [0, 0.1) is 12.7 Å². The van der Waals surface area contributed by atoms with Crippen LogP contribution in [-0.2, 0) is 6.54 Å². The predicted octanol–water partition coefficient (Wildman–Crippen LogP) is 4.33. The lowest BCUT2D eigenvalue weighted by Gasteiger charge is -2.34. The summed E-state index contributed by atoms with van der Waals surface area (Å²) in [5.41, 5.74) is 4.06. The highest BCUT2D eigenvalue weighted by Crippen LogP contribution is 2.28. The van der Waals surface area contributed by atoms with Crippen molar-refractivity contribution in [1.29, 1.82) is 0 Å². The summed E-state index contributed by atoms with van der Waals surface area (Å²) in [6, 6.07) is 13.9. The van der Waals surface area contributed by atoms with E-state index in [-0.39, 0.29) is 11.4 Å². The Kier molecular flexibility index (Phi) is 5.15. The predicted molar refractivity (Wildman–Crippen MR) is 131 cm³/mol. The van der Waals surface area contributed by atoms with Gasteiger partial charge >= 0.3 is 5.63 Å². The number of aryl methyl sites for hydroxylation is 1. The van der Waals surface area contributed by atoms with Crippen LogP contribution in [0.5, 0.6) is 0 Å². The molecular weight excluding hydrogens is 453 g/mol. The number of nitrogens with zero attached hydrogens (tertiary/aromatic N) is 5. The molecule has 1 aliphatic heterocycles. The second-order valence-electron chi connectivity index (χ2n) is 8.60. The minimum atomic E-state index is -0.308. The number of hydrogen-bond donors (Lipinski definition) is 0. The molecule has 9 heteroatoms. The number of imidazole rings is 1. The molecule has 7 nitrogen and oxygen atoms in total. The van der Waals surface area contributed by atoms with E-state index in [9.17, 15) is 9.18 Å². The van der Waals surface area contributed by atoms with Crippen molar-refractivity contribution in [3.63, 3.8) is 0 Å². The van der Waals surface area contributed by atoms with E-state index in [2.05, 4.69) is 14.8 Å². The number of piperazine rings is 1. The average Bonchev–Trinajstić information content (AvgIpc) is 3.39. The third-order valence-corrected chi connectivity index (χ3v) is 7.18. The van der Waals surface area contributed by atoms with Crippen LogP contribution < -0.4 is 10.5 Å². The van der Waals surface area contributed by atoms with Crippen LogP contribution in [0.4, 0.5) is 9.52 Å². The molecule has 34 heavy (non-hydrogen) atoms. The van der Waals surface area contributed by atoms with Gasteiger partial charge in [0, 0.05) is 49.7 Å². The lowest BCUT2D eigenvalue weighted by atomic mass is 10.1. The molecule has 172 valence electrons. The van der Waals surface area contributed by atoms with E-state index in [4.69, 9.17) is 9.52 Å². The number of aromatic nitrogens is 3. The van der Waals surface area contributed by atoms with Gasteiger partial charge in [-0.25, -0.2) is 18.7 Å². The fourth-order valence-corrected chi connectivity index (χ4v) is 5.32. The minimum absolute atomic E-state index is 0.261. The molecule has 0 saturated carbocycles. The Morgan fingerprint density at radius 3 is 2.62 bits per heavy atom. The Morgan fingerprint density at radius 1 is 1.06 bits per heavy atom. The summed E-state index contributed by atoms with van der Waals surface area (Å²) in [6.45, 7) is 6.14. The van der Waals surface area contributed by atoms with Gasteiger partial charge in [-0.2, -0.15) is 0 Å². The van der Waals surface area contributed by atoms with Crippen LogP contribution in [0.1, 0.15) is 11.1 Å². The van der Waals surface area contributed by atoms with E-state index < -0.39 is 0 Å². The highest BCUT2D eigenvalue weighted by Gasteiger charge is 2.22. The van der Waals surface area contributed by atoms with Crippen molar-refractivity contribution in [3.05, 3.63) is 82.1 Å². The molecule has 0 radical (unpaired) electrons. The van der Waals surface area contributed by atoms with Crippen LogP contribution in [0.3, 0.4) is 0 Å². The molecule has 1 fully saturated rings. The van der Waals surface area contributed by atoms with E-state index in [1.807, 2.05) is 31.3 Å². The van der Waals surface area contributed by atoms with Gasteiger partial charge < -0.3 is 9.32 Å². The van der Waals surface area contributed by atoms with Crippen molar-refractivity contribution >= 4 is 32.4 Å². The van der Waals surface area contributed by atoms with Gasteiger partial charge in [-0.3, -0.25) is 4.90 Å². The monoisotopic (exact) mass is 475 g/mol. The van der Waals surface area contributed by atoms with E-state index in [0.717, 1.165) is 64.0 Å². The molecule has 1 saturated heterocycles. The Labute approximate surface area is 198 Å². The Bertz CT molecular complexity index is 1520. The third kappa shape index (κ3) is 3.97. The van der Waals surface area contributed by atoms with Crippen LogP contribution in [-0.4, -0.2) is 45.7 Å². The van der Waals surface area contributed by atoms with Gasteiger partial charge in [0.25, 0.3) is 0 Å². The SMILES string of the molecule is Cc1ccc2c(CN3CCN(c4nn5cc(-c6ccc(F)cc6)nc5s4)CC3)cc(=O)oc2c1. The fourth-order valence-electron chi connectivity index (χ4n) is 4.38. The van der Waals surface area contributed by atoms with Gasteiger partial charge in [0.15, 0.2) is 0 Å². The molecule has 0 spiro atoms. The Hall–Kier alpha value is -3.56. The van der Waals surface area contributed by atoms with Crippen LogP contribution in [0.25, 0.3) is 27.2 Å². The number of rotatable bonds is 4. The summed E-state index contributed by atoms with van der Waals surface area (Å²) < 4.78 is 20.4. The van der Waals surface area contributed by atoms with Crippen molar-refractivity contribution in [2.75, 3.05) is 31.1 Å². The maximum Gasteiger partial charge on any atom is 0.336 e. The number of halogens is 1. The lowest BCUT2D eigenvalue weighted by molar-refractivity contribution is 0.250. The largest absolute Gasteiger partial charge is 0.423 e. The smallest absolute Gasteiger partial charge is 0.336 e. The third-order valence-electron chi connectivity index (χ3n) is 6.19. The quantitative estimate of drug-likeness (QED) is 0.361. The molecule has 0 bridgehead atoms. The van der Waals surface area contributed by atoms with Gasteiger partial charge in [0.05, 0.1) is 11.9 Å². The van der Waals surface area contributed by atoms with Crippen molar-refractivity contribution in [2.45, 2.75) is 13.5 Å². The van der Waals surface area contributed by atoms with E-state index >= 15 is 0 Å². The maximum atomic E-state index is 13.2. The zero-order valence-electron chi connectivity index (χ0n) is 18.6. The summed E-state index contributed by atoms with van der Waals surface area (Å²) in [7, 11) is 0. The molecular formula is C25H22FN5O2S. The summed E-state index contributed by atoms with van der Waals surface area (Å²) in [6.07, 6.45) is 1.88. The zero-order chi connectivity index (χ0) is 23.2. The van der Waals surface area contributed by atoms with Crippen LogP contribution >= 0.6 is 11.3 Å². The first-order valence-corrected chi connectivity index (χ1v) is 12.0. The van der Waals surface area contributed by atoms with E-state index in [1.54, 1.807) is 34.1 Å². The molecule has 1 aliphatic rings. The normalized spacial score (nSPS) is 14.9. The molecule has 6 rings (SSSR count). The molecule has 5 aromatic rings. The van der Waals surface area contributed by atoms with Crippen molar-refractivity contribution in [2.24, 2.45) is 0 Å². The number of fused-ring (bicyclic) bond motifs is 2. The van der Waals surface area contributed by atoms with Gasteiger partial charge in [-0.05, 0) is 48.4 Å². The summed E-state index contributed by atoms with van der Waals surface area (Å²) >= 11 is 1.55. The van der Waals surface area contributed by atoms with E-state index in [1.165, 1.54) is 12.1 Å². The van der Waals surface area contributed by atoms with Crippen LogP contribution in [0.2, 0.25) is 0 Å². The van der Waals surface area contributed by atoms with Gasteiger partial charge in [0.1, 0.15) is 11.4 Å². The summed E-state index contributed by atoms with van der Waals surface area (Å²) in [5, 5.41) is 6.65. The molecule has 0 atom stereocenters. The average molecular weight is 476 g/mol. The van der Waals surface area contributed by atoms with Crippen molar-refractivity contribution < 1.29 is 8.81 Å². The number of benzene rings is 2. The van der Waals surface area contributed by atoms with E-state index in [0.29, 0.717) is 12.1 Å². The molecule has 0 N–H and O–H groups in total. The van der Waals surface area contributed by atoms with Crippen molar-refractivity contribution in [3.8, 4) is 11.3 Å². The minimum Gasteiger partial charge on any atom is -0.423 e. The topological polar surface area (TPSA) is 66.9 Å². The second-order valence-corrected chi connectivity index (χ2v) is 9.53. The molecule has 2 aromatic carbocycles. The summed E-state index contributed by atoms with van der Waals surface area (Å²) in [4.78, 5) is 22.2. The molecule has 4 heterocycles. The standard InChI is InChI=1S/C25H22FN5O2S/c1-16-2-7-20-18(13-23(32)33-22(20)12-16)14-29-8-10-30(11-9-29)25-28-31-15-21(27-24(31)34-25)17-3-5-19(26)6-4-17/h2-7,12-13,15H,8-11,14H2,1H3. The fraction of sp³-hybridized carbons (Fsp3) is 0.240. The van der Waals surface area contributed by atoms with Gasteiger partial charge in [0.2, 0.25) is 10.1 Å². The van der Waals surface area contributed by atoms with Crippen molar-refractivity contribution in [1.82, 2.24) is 19.5 Å². The Morgan fingerprint density at radius 2 is 1.85 bits per heavy atom. The first kappa shape index (κ1) is 21.0. The number of anilines is 1. The number of hydrogen-bond acceptors (Lipinski definition) is 7. The lowest BCUT2D eigenvalue weighted by Crippen LogP contribution is -2.46. The maximum absolute atomic E-state index is 13.2. The molecule has 0 unspecified atom stereocenters. The first-order valence-electron chi connectivity index (χ1n) is 11.1. The molecule has 3 aromatic heterocycles. The highest BCUT2D eigenvalue weighted by atomic mass is 32.1.